The van der Waals surface area contributed by atoms with Crippen molar-refractivity contribution in [2.75, 3.05) is 0 Å². The Morgan fingerprint density at radius 2 is 1.65 bits per heavy atom. The first-order valence-corrected chi connectivity index (χ1v) is 7.07. The van der Waals surface area contributed by atoms with Gasteiger partial charge in [-0.2, -0.15) is 0 Å². The van der Waals surface area contributed by atoms with Gasteiger partial charge in [-0.3, -0.25) is 0 Å². The van der Waals surface area contributed by atoms with Crippen molar-refractivity contribution in [1.82, 2.24) is 4.57 Å². The van der Waals surface area contributed by atoms with Crippen LogP contribution in [0.15, 0.2) is 48.7 Å². The van der Waals surface area contributed by atoms with Gasteiger partial charge in [-0.25, -0.2) is 0 Å². The highest BCUT2D eigenvalue weighted by Gasteiger charge is 2.10. The van der Waals surface area contributed by atoms with E-state index < -0.39 is 0 Å². The maximum Gasteiger partial charge on any atom is 0.0702 e. The van der Waals surface area contributed by atoms with Crippen LogP contribution in [-0.2, 0) is 13.2 Å². The second kappa shape index (κ2) is 5.49. The number of fused-ring (bicyclic) bond motifs is 1. The maximum absolute atomic E-state index is 9.49. The van der Waals surface area contributed by atoms with Gasteiger partial charge < -0.3 is 9.67 Å². The minimum Gasteiger partial charge on any atom is -0.392 e. The largest absolute Gasteiger partial charge is 0.392 e. The molecule has 0 aliphatic heterocycles. The predicted octanol–water partition coefficient (Wildman–Crippen LogP) is 4.49. The normalized spacial score (nSPS) is 11.2. The van der Waals surface area contributed by atoms with Crippen molar-refractivity contribution in [1.29, 1.82) is 0 Å². The monoisotopic (exact) mass is 305 g/mol. The van der Waals surface area contributed by atoms with Crippen molar-refractivity contribution in [3.63, 3.8) is 0 Å². The summed E-state index contributed by atoms with van der Waals surface area (Å²) < 4.78 is 2.06. The second-order valence-corrected chi connectivity index (χ2v) is 5.47. The number of halogens is 2. The highest BCUT2D eigenvalue weighted by atomic mass is 35.5. The summed E-state index contributed by atoms with van der Waals surface area (Å²) in [5, 5.41) is 11.9. The van der Waals surface area contributed by atoms with Crippen LogP contribution in [-0.4, -0.2) is 9.67 Å². The molecule has 3 rings (SSSR count). The first kappa shape index (κ1) is 13.5. The van der Waals surface area contributed by atoms with Crippen molar-refractivity contribution in [3.05, 3.63) is 69.8 Å². The summed E-state index contributed by atoms with van der Waals surface area (Å²) >= 11 is 12.4. The molecule has 0 unspecified atom stereocenters. The molecular weight excluding hydrogens is 293 g/mol. The van der Waals surface area contributed by atoms with Crippen LogP contribution in [0, 0.1) is 0 Å². The molecule has 0 amide bonds. The van der Waals surface area contributed by atoms with Crippen LogP contribution in [0.3, 0.4) is 0 Å². The molecule has 1 aromatic heterocycles. The summed E-state index contributed by atoms with van der Waals surface area (Å²) in [5.74, 6) is 0. The lowest BCUT2D eigenvalue weighted by Crippen LogP contribution is -2.01. The third-order valence-corrected chi connectivity index (χ3v) is 4.14. The van der Waals surface area contributed by atoms with Crippen molar-refractivity contribution in [3.8, 4) is 0 Å². The molecule has 0 saturated carbocycles. The van der Waals surface area contributed by atoms with Gasteiger partial charge in [0.2, 0.25) is 0 Å². The van der Waals surface area contributed by atoms with E-state index in [0.29, 0.717) is 16.6 Å². The maximum atomic E-state index is 9.49. The molecule has 0 radical (unpaired) electrons. The van der Waals surface area contributed by atoms with Crippen LogP contribution in [0.5, 0.6) is 0 Å². The topological polar surface area (TPSA) is 25.2 Å². The van der Waals surface area contributed by atoms with E-state index in [9.17, 15) is 5.11 Å². The Labute approximate surface area is 127 Å². The third-order valence-electron chi connectivity index (χ3n) is 3.43. The van der Waals surface area contributed by atoms with Gasteiger partial charge in [0, 0.05) is 27.4 Å². The number of hydrogen-bond acceptors (Lipinski definition) is 1. The lowest BCUT2D eigenvalue weighted by Gasteiger charge is -2.11. The summed E-state index contributed by atoms with van der Waals surface area (Å²) in [7, 11) is 0. The SMILES string of the molecule is OCc1cccc2ccn(Cc3c(Cl)cccc3Cl)c12. The molecule has 0 atom stereocenters. The molecule has 1 N–H and O–H groups in total. The van der Waals surface area contributed by atoms with E-state index in [1.165, 1.54) is 0 Å². The number of rotatable bonds is 3. The van der Waals surface area contributed by atoms with Gasteiger partial charge in [-0.05, 0) is 23.6 Å². The van der Waals surface area contributed by atoms with E-state index in [1.54, 1.807) is 0 Å². The van der Waals surface area contributed by atoms with E-state index in [0.717, 1.165) is 22.0 Å². The molecule has 0 fully saturated rings. The van der Waals surface area contributed by atoms with Crippen molar-refractivity contribution >= 4 is 34.1 Å². The van der Waals surface area contributed by atoms with Crippen LogP contribution in [0.25, 0.3) is 10.9 Å². The van der Waals surface area contributed by atoms with Crippen LogP contribution < -0.4 is 0 Å². The molecule has 102 valence electrons. The quantitative estimate of drug-likeness (QED) is 0.758. The van der Waals surface area contributed by atoms with E-state index in [-0.39, 0.29) is 6.61 Å². The van der Waals surface area contributed by atoms with Gasteiger partial charge in [-0.15, -0.1) is 0 Å². The lowest BCUT2D eigenvalue weighted by molar-refractivity contribution is 0.283. The van der Waals surface area contributed by atoms with Gasteiger partial charge in [-0.1, -0.05) is 47.5 Å². The molecule has 0 aliphatic carbocycles. The predicted molar refractivity (Wildman–Crippen MR) is 83.4 cm³/mol. The van der Waals surface area contributed by atoms with E-state index in [2.05, 4.69) is 4.57 Å². The number of para-hydroxylation sites is 1. The van der Waals surface area contributed by atoms with Gasteiger partial charge in [0.25, 0.3) is 0 Å². The molecule has 2 nitrogen and oxygen atoms in total. The van der Waals surface area contributed by atoms with Gasteiger partial charge in [0.05, 0.1) is 18.7 Å². The first-order valence-electron chi connectivity index (χ1n) is 6.31. The lowest BCUT2D eigenvalue weighted by atomic mass is 10.1. The number of aliphatic hydroxyl groups is 1. The molecule has 0 saturated heterocycles. The molecule has 1 heterocycles. The van der Waals surface area contributed by atoms with E-state index >= 15 is 0 Å². The molecule has 0 spiro atoms. The molecule has 0 bridgehead atoms. The van der Waals surface area contributed by atoms with Crippen molar-refractivity contribution in [2.24, 2.45) is 0 Å². The molecule has 20 heavy (non-hydrogen) atoms. The van der Waals surface area contributed by atoms with E-state index in [4.69, 9.17) is 23.2 Å². The summed E-state index contributed by atoms with van der Waals surface area (Å²) in [5.41, 5.74) is 2.81. The Hall–Kier alpha value is -1.48. The summed E-state index contributed by atoms with van der Waals surface area (Å²) in [6, 6.07) is 13.4. The first-order chi connectivity index (χ1) is 9.70. The Morgan fingerprint density at radius 1 is 0.950 bits per heavy atom. The Morgan fingerprint density at radius 3 is 2.35 bits per heavy atom. The Balaban J connectivity index is 2.12. The van der Waals surface area contributed by atoms with Gasteiger partial charge in [0.15, 0.2) is 0 Å². The van der Waals surface area contributed by atoms with E-state index in [1.807, 2.05) is 48.7 Å². The summed E-state index contributed by atoms with van der Waals surface area (Å²) in [6.45, 7) is 0.594. The summed E-state index contributed by atoms with van der Waals surface area (Å²) in [4.78, 5) is 0. The fraction of sp³-hybridized carbons (Fsp3) is 0.125. The molecule has 3 aromatic rings. The molecule has 4 heteroatoms. The Kier molecular flexibility index (Phi) is 3.70. The number of aromatic nitrogens is 1. The highest BCUT2D eigenvalue weighted by molar-refractivity contribution is 6.36. The third kappa shape index (κ3) is 2.31. The van der Waals surface area contributed by atoms with Crippen LogP contribution in [0.1, 0.15) is 11.1 Å². The number of aliphatic hydroxyl groups excluding tert-OH is 1. The number of hydrogen-bond donors (Lipinski definition) is 1. The molecule has 0 aliphatic rings. The standard InChI is InChI=1S/C16H13Cl2NO/c17-14-5-2-6-15(18)13(14)9-19-8-7-11-3-1-4-12(10-20)16(11)19/h1-8,20H,9-10H2. The Bertz CT molecular complexity index is 744. The highest BCUT2D eigenvalue weighted by Crippen LogP contribution is 2.28. The average molecular weight is 306 g/mol. The molecular formula is C16H13Cl2NO. The molecule has 2 aromatic carbocycles. The van der Waals surface area contributed by atoms with Crippen molar-refractivity contribution in [2.45, 2.75) is 13.2 Å². The van der Waals surface area contributed by atoms with Crippen LogP contribution >= 0.6 is 23.2 Å². The zero-order valence-corrected chi connectivity index (χ0v) is 12.2. The fourth-order valence-electron chi connectivity index (χ4n) is 2.45. The zero-order chi connectivity index (χ0) is 14.1. The zero-order valence-electron chi connectivity index (χ0n) is 10.7. The van der Waals surface area contributed by atoms with Crippen molar-refractivity contribution < 1.29 is 5.11 Å². The second-order valence-electron chi connectivity index (χ2n) is 4.66. The van der Waals surface area contributed by atoms with Gasteiger partial charge in [0.1, 0.15) is 0 Å². The minimum absolute atomic E-state index is 0.0115. The fourth-order valence-corrected chi connectivity index (χ4v) is 2.97. The van der Waals surface area contributed by atoms with Crippen LogP contribution in [0.2, 0.25) is 10.0 Å². The van der Waals surface area contributed by atoms with Gasteiger partial charge >= 0.3 is 0 Å². The summed E-state index contributed by atoms with van der Waals surface area (Å²) in [6.07, 6.45) is 1.99. The smallest absolute Gasteiger partial charge is 0.0702 e. The minimum atomic E-state index is 0.0115. The average Bonchev–Trinajstić information content (AvgIpc) is 2.86. The number of benzene rings is 2. The number of nitrogens with zero attached hydrogens (tertiary/aromatic N) is 1. The van der Waals surface area contributed by atoms with Crippen LogP contribution in [0.4, 0.5) is 0 Å².